The van der Waals surface area contributed by atoms with Gasteiger partial charge in [0, 0.05) is 31.6 Å². The van der Waals surface area contributed by atoms with Crippen molar-refractivity contribution in [3.8, 4) is 5.75 Å². The number of halogens is 3. The van der Waals surface area contributed by atoms with Crippen molar-refractivity contribution in [1.29, 1.82) is 0 Å². The predicted octanol–water partition coefficient (Wildman–Crippen LogP) is 3.11. The molecule has 0 aliphatic carbocycles. The summed E-state index contributed by atoms with van der Waals surface area (Å²) in [4.78, 5) is 10.0. The zero-order valence-corrected chi connectivity index (χ0v) is 16.4. The molecular formula is C18H22F3N5OS. The van der Waals surface area contributed by atoms with Gasteiger partial charge in [0.1, 0.15) is 10.8 Å². The van der Waals surface area contributed by atoms with Crippen molar-refractivity contribution in [2.75, 3.05) is 32.1 Å². The monoisotopic (exact) mass is 413 g/mol. The molecule has 1 aliphatic heterocycles. The number of rotatable bonds is 5. The minimum Gasteiger partial charge on any atom is -0.495 e. The van der Waals surface area contributed by atoms with Crippen molar-refractivity contribution in [3.05, 3.63) is 40.3 Å². The first-order valence-corrected chi connectivity index (χ1v) is 9.65. The Morgan fingerprint density at radius 2 is 2.18 bits per heavy atom. The average molecular weight is 413 g/mol. The van der Waals surface area contributed by atoms with Crippen LogP contribution in [0.2, 0.25) is 0 Å². The summed E-state index contributed by atoms with van der Waals surface area (Å²) in [6.45, 7) is 1.83. The second kappa shape index (κ2) is 8.68. The van der Waals surface area contributed by atoms with E-state index in [0.29, 0.717) is 11.0 Å². The van der Waals surface area contributed by atoms with E-state index >= 15 is 0 Å². The lowest BCUT2D eigenvalue weighted by atomic mass is 10.2. The quantitative estimate of drug-likeness (QED) is 0.583. The van der Waals surface area contributed by atoms with Gasteiger partial charge < -0.3 is 20.3 Å². The number of nitrogens with one attached hydrogen (secondary N) is 2. The molecule has 6 nitrogen and oxygen atoms in total. The van der Waals surface area contributed by atoms with Crippen LogP contribution >= 0.6 is 11.3 Å². The summed E-state index contributed by atoms with van der Waals surface area (Å²) >= 11 is 0.975. The number of para-hydroxylation sites is 2. The molecule has 1 fully saturated rings. The number of benzene rings is 1. The Balaban J connectivity index is 1.54. The molecular weight excluding hydrogens is 391 g/mol. The average Bonchev–Trinajstić information content (AvgIpc) is 3.34. The number of methoxy groups -OCH3 is 1. The van der Waals surface area contributed by atoms with Crippen LogP contribution in [-0.2, 0) is 12.7 Å². The van der Waals surface area contributed by atoms with Gasteiger partial charge in [0.25, 0.3) is 0 Å². The maximum Gasteiger partial charge on any atom is 0.434 e. The standard InChI is InChI=1S/C18H22F3N5OS/c1-22-17(23-9-16-25-15(11-28-16)18(19,20)21)24-12-7-8-26(10-12)13-5-3-4-6-14(13)27-2/h3-6,11-12H,7-10H2,1-2H3,(H2,22,23,24). The Morgan fingerprint density at radius 3 is 2.86 bits per heavy atom. The SMILES string of the molecule is CN=C(NCc1nc(C(F)(F)F)cs1)NC1CCN(c2ccccc2OC)C1. The summed E-state index contributed by atoms with van der Waals surface area (Å²) in [5, 5.41) is 7.73. The molecule has 0 bridgehead atoms. The number of aliphatic imine (C=N–C) groups is 1. The van der Waals surface area contributed by atoms with E-state index in [1.807, 2.05) is 24.3 Å². The molecule has 0 saturated carbocycles. The van der Waals surface area contributed by atoms with Gasteiger partial charge in [-0.05, 0) is 18.6 Å². The van der Waals surface area contributed by atoms with Gasteiger partial charge in [-0.3, -0.25) is 4.99 Å². The number of anilines is 1. The lowest BCUT2D eigenvalue weighted by Gasteiger charge is -2.22. The molecule has 0 radical (unpaired) electrons. The second-order valence-electron chi connectivity index (χ2n) is 6.30. The largest absolute Gasteiger partial charge is 0.495 e. The molecule has 1 aromatic heterocycles. The highest BCUT2D eigenvalue weighted by molar-refractivity contribution is 7.09. The van der Waals surface area contributed by atoms with Crippen LogP contribution in [0.3, 0.4) is 0 Å². The molecule has 0 amide bonds. The Kier molecular flexibility index (Phi) is 6.28. The summed E-state index contributed by atoms with van der Waals surface area (Å²) in [5.41, 5.74) is 0.181. The third-order valence-corrected chi connectivity index (χ3v) is 5.28. The summed E-state index contributed by atoms with van der Waals surface area (Å²) in [5.74, 6) is 1.37. The Bertz CT molecular complexity index is 824. The molecule has 1 atom stereocenters. The van der Waals surface area contributed by atoms with E-state index < -0.39 is 11.9 Å². The van der Waals surface area contributed by atoms with Gasteiger partial charge in [0.05, 0.1) is 19.3 Å². The molecule has 28 heavy (non-hydrogen) atoms. The Morgan fingerprint density at radius 1 is 1.39 bits per heavy atom. The molecule has 152 valence electrons. The van der Waals surface area contributed by atoms with E-state index in [0.717, 1.165) is 47.7 Å². The minimum atomic E-state index is -4.42. The van der Waals surface area contributed by atoms with E-state index in [2.05, 4.69) is 25.5 Å². The molecule has 1 aliphatic rings. The zero-order chi connectivity index (χ0) is 20.1. The van der Waals surface area contributed by atoms with Crippen molar-refractivity contribution < 1.29 is 17.9 Å². The predicted molar refractivity (Wildman–Crippen MR) is 104 cm³/mol. The van der Waals surface area contributed by atoms with E-state index in [-0.39, 0.29) is 12.6 Å². The maximum atomic E-state index is 12.6. The van der Waals surface area contributed by atoms with Crippen molar-refractivity contribution >= 4 is 23.0 Å². The van der Waals surface area contributed by atoms with Crippen LogP contribution in [0.4, 0.5) is 18.9 Å². The first kappa shape index (κ1) is 20.2. The molecule has 1 unspecified atom stereocenters. The van der Waals surface area contributed by atoms with Crippen LogP contribution in [0, 0.1) is 0 Å². The molecule has 3 rings (SSSR count). The lowest BCUT2D eigenvalue weighted by molar-refractivity contribution is -0.140. The van der Waals surface area contributed by atoms with Gasteiger partial charge in [-0.1, -0.05) is 12.1 Å². The van der Waals surface area contributed by atoms with E-state index in [9.17, 15) is 13.2 Å². The number of guanidine groups is 1. The summed E-state index contributed by atoms with van der Waals surface area (Å²) in [6, 6.07) is 8.03. The summed E-state index contributed by atoms with van der Waals surface area (Å²) < 4.78 is 43.3. The van der Waals surface area contributed by atoms with Crippen LogP contribution in [-0.4, -0.2) is 44.2 Å². The normalized spacial score (nSPS) is 17.7. The van der Waals surface area contributed by atoms with Gasteiger partial charge in [0.2, 0.25) is 0 Å². The van der Waals surface area contributed by atoms with Gasteiger partial charge in [-0.2, -0.15) is 13.2 Å². The first-order chi connectivity index (χ1) is 13.4. The number of thiazole rings is 1. The topological polar surface area (TPSA) is 61.8 Å². The van der Waals surface area contributed by atoms with Crippen molar-refractivity contribution in [2.24, 2.45) is 4.99 Å². The molecule has 2 aromatic rings. The van der Waals surface area contributed by atoms with E-state index in [4.69, 9.17) is 4.74 Å². The van der Waals surface area contributed by atoms with Crippen LogP contribution in [0.5, 0.6) is 5.75 Å². The number of aromatic nitrogens is 1. The van der Waals surface area contributed by atoms with Gasteiger partial charge in [-0.25, -0.2) is 4.98 Å². The fourth-order valence-corrected chi connectivity index (χ4v) is 3.80. The molecule has 2 N–H and O–H groups in total. The molecule has 1 aromatic carbocycles. The van der Waals surface area contributed by atoms with Gasteiger partial charge >= 0.3 is 6.18 Å². The minimum absolute atomic E-state index is 0.165. The molecule has 10 heteroatoms. The Hall–Kier alpha value is -2.49. The lowest BCUT2D eigenvalue weighted by Crippen LogP contribution is -2.44. The Labute approximate surface area is 165 Å². The molecule has 1 saturated heterocycles. The van der Waals surface area contributed by atoms with Crippen molar-refractivity contribution in [2.45, 2.75) is 25.2 Å². The second-order valence-corrected chi connectivity index (χ2v) is 7.24. The third-order valence-electron chi connectivity index (χ3n) is 4.43. The fourth-order valence-electron chi connectivity index (χ4n) is 3.06. The van der Waals surface area contributed by atoms with Crippen LogP contribution < -0.4 is 20.3 Å². The fraction of sp³-hybridized carbons (Fsp3) is 0.444. The molecule has 0 spiro atoms. The maximum absolute atomic E-state index is 12.6. The van der Waals surface area contributed by atoms with Crippen LogP contribution in [0.15, 0.2) is 34.6 Å². The highest BCUT2D eigenvalue weighted by atomic mass is 32.1. The first-order valence-electron chi connectivity index (χ1n) is 8.77. The van der Waals surface area contributed by atoms with Crippen LogP contribution in [0.25, 0.3) is 0 Å². The number of nitrogens with zero attached hydrogens (tertiary/aromatic N) is 3. The third kappa shape index (κ3) is 4.86. The number of ether oxygens (including phenoxy) is 1. The van der Waals surface area contributed by atoms with E-state index in [1.165, 1.54) is 0 Å². The van der Waals surface area contributed by atoms with Crippen molar-refractivity contribution in [1.82, 2.24) is 15.6 Å². The highest BCUT2D eigenvalue weighted by Crippen LogP contribution is 2.31. The smallest absolute Gasteiger partial charge is 0.434 e. The van der Waals surface area contributed by atoms with Gasteiger partial charge in [-0.15, -0.1) is 11.3 Å². The number of hydrogen-bond acceptors (Lipinski definition) is 5. The highest BCUT2D eigenvalue weighted by Gasteiger charge is 2.33. The summed E-state index contributed by atoms with van der Waals surface area (Å²) in [7, 11) is 3.28. The summed E-state index contributed by atoms with van der Waals surface area (Å²) in [6.07, 6.45) is -3.51. The number of alkyl halides is 3. The van der Waals surface area contributed by atoms with Crippen LogP contribution in [0.1, 0.15) is 17.1 Å². The zero-order valence-electron chi connectivity index (χ0n) is 15.6. The van der Waals surface area contributed by atoms with E-state index in [1.54, 1.807) is 14.2 Å². The van der Waals surface area contributed by atoms with Crippen molar-refractivity contribution in [3.63, 3.8) is 0 Å². The number of hydrogen-bond donors (Lipinski definition) is 2. The molecule has 2 heterocycles. The van der Waals surface area contributed by atoms with Gasteiger partial charge in [0.15, 0.2) is 11.7 Å².